The van der Waals surface area contributed by atoms with Crippen LogP contribution in [0.4, 0.5) is 5.69 Å². The first-order valence-electron chi connectivity index (χ1n) is 10.0. The van der Waals surface area contributed by atoms with Gasteiger partial charge in [-0.15, -0.1) is 0 Å². The minimum absolute atomic E-state index is 0.0211. The van der Waals surface area contributed by atoms with Crippen molar-refractivity contribution in [3.63, 3.8) is 0 Å². The summed E-state index contributed by atoms with van der Waals surface area (Å²) in [6, 6.07) is 10.3. The number of anilines is 1. The third-order valence-electron chi connectivity index (χ3n) is 5.46. The summed E-state index contributed by atoms with van der Waals surface area (Å²) in [7, 11) is 0. The van der Waals surface area contributed by atoms with Crippen LogP contribution in [0.5, 0.6) is 0 Å². The van der Waals surface area contributed by atoms with Crippen LogP contribution in [0.1, 0.15) is 56.1 Å². The number of hydrogen-bond donors (Lipinski definition) is 1. The molecule has 0 saturated carbocycles. The van der Waals surface area contributed by atoms with Crippen molar-refractivity contribution in [3.8, 4) is 0 Å². The van der Waals surface area contributed by atoms with Crippen molar-refractivity contribution in [1.82, 2.24) is 14.7 Å². The molecule has 1 fully saturated rings. The maximum absolute atomic E-state index is 12.4. The molecule has 1 aromatic carbocycles. The maximum atomic E-state index is 12.4. The van der Waals surface area contributed by atoms with Crippen LogP contribution in [0, 0.1) is 19.8 Å². The van der Waals surface area contributed by atoms with Gasteiger partial charge in [-0.3, -0.25) is 14.4 Å². The van der Waals surface area contributed by atoms with E-state index in [-0.39, 0.29) is 11.9 Å². The van der Waals surface area contributed by atoms with Crippen LogP contribution in [-0.2, 0) is 11.3 Å². The van der Waals surface area contributed by atoms with Crippen molar-refractivity contribution in [2.45, 2.75) is 59.5 Å². The second kappa shape index (κ2) is 8.70. The van der Waals surface area contributed by atoms with Gasteiger partial charge >= 0.3 is 0 Å². The van der Waals surface area contributed by atoms with E-state index in [0.29, 0.717) is 6.42 Å². The average molecular weight is 369 g/mol. The molecule has 5 heteroatoms. The molecule has 1 N–H and O–H groups in total. The zero-order valence-corrected chi connectivity index (χ0v) is 17.0. The Morgan fingerprint density at radius 2 is 1.89 bits per heavy atom. The predicted octanol–water partition coefficient (Wildman–Crippen LogP) is 4.32. The monoisotopic (exact) mass is 368 g/mol. The van der Waals surface area contributed by atoms with Crippen molar-refractivity contribution in [3.05, 3.63) is 47.3 Å². The second-order valence-corrected chi connectivity index (χ2v) is 8.13. The number of nitrogens with one attached hydrogen (secondary N) is 1. The Morgan fingerprint density at radius 3 is 2.48 bits per heavy atom. The van der Waals surface area contributed by atoms with E-state index in [1.807, 2.05) is 43.7 Å². The maximum Gasteiger partial charge on any atom is 0.226 e. The Hall–Kier alpha value is -2.14. The zero-order chi connectivity index (χ0) is 19.4. The summed E-state index contributed by atoms with van der Waals surface area (Å²) in [6.45, 7) is 11.7. The molecule has 146 valence electrons. The van der Waals surface area contributed by atoms with E-state index in [1.54, 1.807) is 0 Å². The molecule has 0 aliphatic carbocycles. The number of nitrogens with zero attached hydrogens (tertiary/aromatic N) is 3. The summed E-state index contributed by atoms with van der Waals surface area (Å²) < 4.78 is 1.93. The molecule has 1 saturated heterocycles. The Bertz CT molecular complexity index is 757. The van der Waals surface area contributed by atoms with Gasteiger partial charge in [0.2, 0.25) is 5.91 Å². The third kappa shape index (κ3) is 5.42. The number of rotatable bonds is 6. The van der Waals surface area contributed by atoms with E-state index in [9.17, 15) is 4.79 Å². The molecule has 0 spiro atoms. The molecule has 2 heterocycles. The Kier molecular flexibility index (Phi) is 6.32. The zero-order valence-electron chi connectivity index (χ0n) is 17.0. The molecule has 0 unspecified atom stereocenters. The van der Waals surface area contributed by atoms with Gasteiger partial charge < -0.3 is 5.32 Å². The lowest BCUT2D eigenvalue weighted by atomic mass is 9.99. The van der Waals surface area contributed by atoms with Crippen LogP contribution < -0.4 is 5.32 Å². The third-order valence-corrected chi connectivity index (χ3v) is 5.46. The van der Waals surface area contributed by atoms with E-state index in [4.69, 9.17) is 0 Å². The second-order valence-electron chi connectivity index (χ2n) is 8.13. The molecule has 1 amide bonds. The lowest BCUT2D eigenvalue weighted by Crippen LogP contribution is -2.32. The van der Waals surface area contributed by atoms with Crippen molar-refractivity contribution in [2.24, 2.45) is 5.92 Å². The summed E-state index contributed by atoms with van der Waals surface area (Å²) in [5.74, 6) is 0.878. The number of aromatic nitrogens is 2. The molecular weight excluding hydrogens is 336 g/mol. The van der Waals surface area contributed by atoms with E-state index < -0.39 is 0 Å². The highest BCUT2D eigenvalue weighted by Gasteiger charge is 2.16. The van der Waals surface area contributed by atoms with Gasteiger partial charge in [0.25, 0.3) is 0 Å². The quantitative estimate of drug-likeness (QED) is 0.826. The number of benzene rings is 1. The normalized spacial score (nSPS) is 17.0. The summed E-state index contributed by atoms with van der Waals surface area (Å²) >= 11 is 0. The molecule has 0 bridgehead atoms. The van der Waals surface area contributed by atoms with E-state index in [2.05, 4.69) is 34.4 Å². The lowest BCUT2D eigenvalue weighted by molar-refractivity contribution is -0.116. The van der Waals surface area contributed by atoms with E-state index in [0.717, 1.165) is 29.5 Å². The minimum atomic E-state index is 0.0211. The fraction of sp³-hybridized carbons (Fsp3) is 0.545. The van der Waals surface area contributed by atoms with Crippen LogP contribution in [-0.4, -0.2) is 33.7 Å². The van der Waals surface area contributed by atoms with Crippen LogP contribution in [0.3, 0.4) is 0 Å². The molecule has 5 nitrogen and oxygen atoms in total. The van der Waals surface area contributed by atoms with Gasteiger partial charge in [-0.1, -0.05) is 19.1 Å². The van der Waals surface area contributed by atoms with Gasteiger partial charge in [0.05, 0.1) is 11.7 Å². The average Bonchev–Trinajstić information content (AvgIpc) is 2.97. The molecular formula is C22H32N4O. The number of amides is 1. The minimum Gasteiger partial charge on any atom is -0.326 e. The van der Waals surface area contributed by atoms with Crippen LogP contribution >= 0.6 is 0 Å². The first-order valence-corrected chi connectivity index (χ1v) is 10.0. The Morgan fingerprint density at radius 1 is 1.22 bits per heavy atom. The number of aryl methyl sites for hydroxylation is 2. The van der Waals surface area contributed by atoms with Gasteiger partial charge in [-0.05, 0) is 76.4 Å². The van der Waals surface area contributed by atoms with Crippen LogP contribution in [0.2, 0.25) is 0 Å². The molecule has 1 atom stereocenters. The first kappa shape index (κ1) is 19.6. The highest BCUT2D eigenvalue weighted by atomic mass is 16.1. The van der Waals surface area contributed by atoms with Gasteiger partial charge in [-0.25, -0.2) is 0 Å². The molecule has 1 aliphatic heterocycles. The predicted molar refractivity (Wildman–Crippen MR) is 110 cm³/mol. The standard InChI is InChI=1S/C22H32N4O/c1-16-9-11-25(12-10-16)15-20-5-7-21(8-6-20)23-22(27)14-19(4)26-18(3)13-17(2)24-26/h5-8,13,16,19H,9-12,14-15H2,1-4H3,(H,23,27)/t19-/m1/s1. The Labute approximate surface area is 162 Å². The van der Waals surface area contributed by atoms with Gasteiger partial charge in [-0.2, -0.15) is 5.10 Å². The summed E-state index contributed by atoms with van der Waals surface area (Å²) in [4.78, 5) is 14.9. The van der Waals surface area contributed by atoms with E-state index >= 15 is 0 Å². The topological polar surface area (TPSA) is 50.2 Å². The number of carbonyl (C=O) groups excluding carboxylic acids is 1. The number of likely N-dealkylation sites (tertiary alicyclic amines) is 1. The van der Waals surface area contributed by atoms with E-state index in [1.165, 1.54) is 31.5 Å². The lowest BCUT2D eigenvalue weighted by Gasteiger charge is -2.30. The highest BCUT2D eigenvalue weighted by Crippen LogP contribution is 2.20. The smallest absolute Gasteiger partial charge is 0.226 e. The van der Waals surface area contributed by atoms with Crippen LogP contribution in [0.25, 0.3) is 0 Å². The van der Waals surface area contributed by atoms with Crippen molar-refractivity contribution in [2.75, 3.05) is 18.4 Å². The fourth-order valence-electron chi connectivity index (χ4n) is 3.83. The first-order chi connectivity index (χ1) is 12.9. The van der Waals surface area contributed by atoms with Crippen molar-refractivity contribution < 1.29 is 4.79 Å². The number of hydrogen-bond acceptors (Lipinski definition) is 3. The summed E-state index contributed by atoms with van der Waals surface area (Å²) in [6.07, 6.45) is 3.00. The van der Waals surface area contributed by atoms with Gasteiger partial charge in [0.1, 0.15) is 0 Å². The molecule has 1 aromatic heterocycles. The molecule has 1 aliphatic rings. The van der Waals surface area contributed by atoms with Gasteiger partial charge in [0, 0.05) is 24.3 Å². The molecule has 0 radical (unpaired) electrons. The largest absolute Gasteiger partial charge is 0.326 e. The summed E-state index contributed by atoms with van der Waals surface area (Å²) in [5.41, 5.74) is 4.23. The van der Waals surface area contributed by atoms with Crippen molar-refractivity contribution in [1.29, 1.82) is 0 Å². The molecule has 27 heavy (non-hydrogen) atoms. The molecule has 3 rings (SSSR count). The summed E-state index contributed by atoms with van der Waals surface area (Å²) in [5, 5.41) is 7.49. The fourth-order valence-corrected chi connectivity index (χ4v) is 3.83. The highest BCUT2D eigenvalue weighted by molar-refractivity contribution is 5.90. The number of carbonyl (C=O) groups is 1. The van der Waals surface area contributed by atoms with Crippen LogP contribution in [0.15, 0.2) is 30.3 Å². The Balaban J connectivity index is 1.50. The van der Waals surface area contributed by atoms with Gasteiger partial charge in [0.15, 0.2) is 0 Å². The SMILES string of the molecule is Cc1cc(C)n([C@H](C)CC(=O)Nc2ccc(CN3CCC(C)CC3)cc2)n1. The van der Waals surface area contributed by atoms with Crippen molar-refractivity contribution >= 4 is 11.6 Å². The number of piperidine rings is 1. The molecule has 2 aromatic rings.